The highest BCUT2D eigenvalue weighted by atomic mass is 35.5. The van der Waals surface area contributed by atoms with Crippen LogP contribution < -0.4 is 5.32 Å². The Bertz CT molecular complexity index is 880. The number of carboxylic acids is 1. The van der Waals surface area contributed by atoms with Gasteiger partial charge in [0.05, 0.1) is 16.3 Å². The number of aryl methyl sites for hydroxylation is 1. The third kappa shape index (κ3) is 4.18. The van der Waals surface area contributed by atoms with Gasteiger partial charge in [-0.25, -0.2) is 9.78 Å². The van der Waals surface area contributed by atoms with Crippen molar-refractivity contribution in [3.8, 4) is 0 Å². The largest absolute Gasteiger partial charge is 0.480 e. The number of nitrogens with one attached hydrogen (secondary N) is 1. The van der Waals surface area contributed by atoms with Crippen molar-refractivity contribution in [3.63, 3.8) is 0 Å². The molecule has 2 aromatic heterocycles. The third-order valence-corrected chi connectivity index (χ3v) is 4.67. The molecule has 27 heavy (non-hydrogen) atoms. The Morgan fingerprint density at radius 3 is 2.48 bits per heavy atom. The molecule has 2 heterocycles. The van der Waals surface area contributed by atoms with Gasteiger partial charge in [-0.2, -0.15) is 13.2 Å². The van der Waals surface area contributed by atoms with Crippen LogP contribution in [0.5, 0.6) is 0 Å². The van der Waals surface area contributed by atoms with Crippen LogP contribution in [0.2, 0.25) is 5.02 Å². The van der Waals surface area contributed by atoms with Crippen LogP contribution in [0, 0.1) is 5.92 Å². The Morgan fingerprint density at radius 1 is 1.37 bits per heavy atom. The number of pyridine rings is 1. The van der Waals surface area contributed by atoms with E-state index in [-0.39, 0.29) is 34.4 Å². The summed E-state index contributed by atoms with van der Waals surface area (Å²) in [4.78, 5) is 28.4. The lowest BCUT2D eigenvalue weighted by atomic mass is 9.99. The van der Waals surface area contributed by atoms with E-state index in [1.807, 2.05) is 0 Å². The van der Waals surface area contributed by atoms with Crippen LogP contribution in [-0.4, -0.2) is 32.4 Å². The van der Waals surface area contributed by atoms with Gasteiger partial charge in [-0.05, 0) is 18.4 Å². The van der Waals surface area contributed by atoms with E-state index >= 15 is 0 Å². The van der Waals surface area contributed by atoms with Gasteiger partial charge in [0.1, 0.15) is 11.7 Å². The van der Waals surface area contributed by atoms with Crippen molar-refractivity contribution in [2.24, 2.45) is 5.92 Å². The Morgan fingerprint density at radius 2 is 2.00 bits per heavy atom. The summed E-state index contributed by atoms with van der Waals surface area (Å²) >= 11 is 5.94. The molecular weight excluding hydrogens is 387 g/mol. The van der Waals surface area contributed by atoms with Crippen LogP contribution in [0.25, 0.3) is 5.65 Å². The normalized spacial score (nSPS) is 14.2. The maximum absolute atomic E-state index is 13.1. The number of aromatic nitrogens is 2. The minimum atomic E-state index is -4.66. The average molecular weight is 406 g/mol. The fourth-order valence-corrected chi connectivity index (χ4v) is 2.94. The number of amides is 1. The molecule has 0 aliphatic heterocycles. The van der Waals surface area contributed by atoms with Gasteiger partial charge in [-0.3, -0.25) is 9.20 Å². The molecule has 0 radical (unpaired) electrons. The van der Waals surface area contributed by atoms with E-state index in [4.69, 9.17) is 11.6 Å². The van der Waals surface area contributed by atoms with Crippen molar-refractivity contribution in [2.45, 2.75) is 45.8 Å². The number of hydrogen-bond acceptors (Lipinski definition) is 3. The summed E-state index contributed by atoms with van der Waals surface area (Å²) in [5, 5.41) is 11.5. The van der Waals surface area contributed by atoms with E-state index in [1.165, 1.54) is 0 Å². The van der Waals surface area contributed by atoms with Crippen LogP contribution in [0.3, 0.4) is 0 Å². The number of nitrogens with zero attached hydrogens (tertiary/aromatic N) is 2. The van der Waals surface area contributed by atoms with Crippen molar-refractivity contribution in [3.05, 3.63) is 34.2 Å². The first-order chi connectivity index (χ1) is 12.5. The average Bonchev–Trinajstić information content (AvgIpc) is 2.97. The summed E-state index contributed by atoms with van der Waals surface area (Å²) in [5.74, 6) is -2.41. The van der Waals surface area contributed by atoms with Gasteiger partial charge in [-0.1, -0.05) is 38.8 Å². The summed E-state index contributed by atoms with van der Waals surface area (Å²) in [6.07, 6.45) is -3.18. The minimum Gasteiger partial charge on any atom is -0.480 e. The number of halogens is 4. The highest BCUT2D eigenvalue weighted by molar-refractivity contribution is 6.33. The van der Waals surface area contributed by atoms with E-state index in [1.54, 1.807) is 20.8 Å². The van der Waals surface area contributed by atoms with Crippen LogP contribution in [0.4, 0.5) is 13.2 Å². The van der Waals surface area contributed by atoms with Gasteiger partial charge >= 0.3 is 12.1 Å². The summed E-state index contributed by atoms with van der Waals surface area (Å²) in [7, 11) is 0. The van der Waals surface area contributed by atoms with Gasteiger partial charge < -0.3 is 10.4 Å². The molecule has 2 N–H and O–H groups in total. The van der Waals surface area contributed by atoms with Gasteiger partial charge in [0.25, 0.3) is 5.91 Å². The number of hydrogen-bond donors (Lipinski definition) is 2. The first-order valence-electron chi connectivity index (χ1n) is 8.32. The van der Waals surface area contributed by atoms with Crippen molar-refractivity contribution in [1.82, 2.24) is 14.7 Å². The van der Waals surface area contributed by atoms with Crippen molar-refractivity contribution in [2.75, 3.05) is 0 Å². The third-order valence-electron chi connectivity index (χ3n) is 4.39. The molecule has 0 aliphatic carbocycles. The van der Waals surface area contributed by atoms with E-state index < -0.39 is 29.7 Å². The number of imidazole rings is 1. The summed E-state index contributed by atoms with van der Waals surface area (Å²) in [6.45, 7) is 5.11. The van der Waals surface area contributed by atoms with Crippen LogP contribution in [0.1, 0.15) is 48.9 Å². The lowest BCUT2D eigenvalue weighted by Gasteiger charge is -2.20. The standard InChI is InChI=1S/C17H19ClF3N3O3/c1-4-8(3)12(16(26)27)23-15(25)13-11(5-2)22-14-10(18)6-9(7-24(13)14)17(19,20)21/h6-8,12H,4-5H2,1-3H3,(H,23,25)(H,26,27). The SMILES string of the molecule is CCc1nc2c(Cl)cc(C(F)(F)F)cn2c1C(=O)NC(C(=O)O)C(C)CC. The number of fused-ring (bicyclic) bond motifs is 1. The lowest BCUT2D eigenvalue weighted by molar-refractivity contribution is -0.140. The molecule has 0 saturated carbocycles. The van der Waals surface area contributed by atoms with E-state index in [0.717, 1.165) is 16.7 Å². The minimum absolute atomic E-state index is 0.00193. The monoisotopic (exact) mass is 405 g/mol. The molecule has 0 fully saturated rings. The molecule has 10 heteroatoms. The van der Waals surface area contributed by atoms with E-state index in [0.29, 0.717) is 6.42 Å². The first kappa shape index (κ1) is 21.0. The molecule has 148 valence electrons. The summed E-state index contributed by atoms with van der Waals surface area (Å²) in [6, 6.07) is -0.441. The fourth-order valence-electron chi connectivity index (χ4n) is 2.69. The molecule has 1 amide bonds. The molecule has 6 nitrogen and oxygen atoms in total. The summed E-state index contributed by atoms with van der Waals surface area (Å²) < 4.78 is 40.3. The van der Waals surface area contributed by atoms with Crippen molar-refractivity contribution >= 4 is 29.1 Å². The molecule has 0 saturated heterocycles. The number of alkyl halides is 3. The highest BCUT2D eigenvalue weighted by Crippen LogP contribution is 2.33. The number of carboxylic acid groups (broad SMARTS) is 1. The number of aliphatic carboxylic acids is 1. The fraction of sp³-hybridized carbons (Fsp3) is 0.471. The Kier molecular flexibility index (Phi) is 6.04. The quantitative estimate of drug-likeness (QED) is 0.765. The number of carbonyl (C=O) groups excluding carboxylic acids is 1. The molecule has 2 atom stereocenters. The zero-order valence-corrected chi connectivity index (χ0v) is 15.6. The number of carbonyl (C=O) groups is 2. The van der Waals surface area contributed by atoms with Gasteiger partial charge in [0.15, 0.2) is 5.65 Å². The predicted octanol–water partition coefficient (Wildman–Crippen LogP) is 3.80. The predicted molar refractivity (Wildman–Crippen MR) is 92.9 cm³/mol. The van der Waals surface area contributed by atoms with Gasteiger partial charge in [0.2, 0.25) is 0 Å². The van der Waals surface area contributed by atoms with Crippen LogP contribution in [0.15, 0.2) is 12.3 Å². The first-order valence-corrected chi connectivity index (χ1v) is 8.70. The molecule has 2 unspecified atom stereocenters. The van der Waals surface area contributed by atoms with E-state index in [2.05, 4.69) is 10.3 Å². The highest BCUT2D eigenvalue weighted by Gasteiger charge is 2.34. The lowest BCUT2D eigenvalue weighted by Crippen LogP contribution is -2.45. The molecule has 0 spiro atoms. The molecule has 0 aromatic carbocycles. The van der Waals surface area contributed by atoms with Gasteiger partial charge in [0, 0.05) is 6.20 Å². The van der Waals surface area contributed by atoms with E-state index in [9.17, 15) is 27.9 Å². The van der Waals surface area contributed by atoms with Crippen molar-refractivity contribution < 1.29 is 27.9 Å². The van der Waals surface area contributed by atoms with Crippen LogP contribution >= 0.6 is 11.6 Å². The van der Waals surface area contributed by atoms with Crippen molar-refractivity contribution in [1.29, 1.82) is 0 Å². The second kappa shape index (κ2) is 7.75. The maximum Gasteiger partial charge on any atom is 0.417 e. The Labute approximate surface area is 158 Å². The Hall–Kier alpha value is -2.29. The zero-order valence-electron chi connectivity index (χ0n) is 14.9. The number of rotatable bonds is 6. The summed E-state index contributed by atoms with van der Waals surface area (Å²) in [5.41, 5.74) is -0.968. The topological polar surface area (TPSA) is 83.7 Å². The smallest absolute Gasteiger partial charge is 0.417 e. The maximum atomic E-state index is 13.1. The second-order valence-corrected chi connectivity index (χ2v) is 6.61. The molecular formula is C17H19ClF3N3O3. The molecule has 0 aliphatic rings. The molecule has 2 rings (SSSR count). The Balaban J connectivity index is 2.60. The van der Waals surface area contributed by atoms with Gasteiger partial charge in [-0.15, -0.1) is 0 Å². The second-order valence-electron chi connectivity index (χ2n) is 6.20. The molecule has 2 aromatic rings. The zero-order chi connectivity index (χ0) is 20.5. The van der Waals surface area contributed by atoms with Crippen LogP contribution in [-0.2, 0) is 17.4 Å². The molecule has 0 bridgehead atoms.